The fraction of sp³-hybridized carbons (Fsp3) is 0.562. The van der Waals surface area contributed by atoms with Crippen molar-refractivity contribution in [1.82, 2.24) is 4.98 Å². The normalized spacial score (nSPS) is 21.4. The number of rotatable bonds is 3. The molecule has 1 unspecified atom stereocenters. The van der Waals surface area contributed by atoms with Crippen LogP contribution in [0.5, 0.6) is 0 Å². The van der Waals surface area contributed by atoms with Crippen molar-refractivity contribution >= 4 is 37.5 Å². The van der Waals surface area contributed by atoms with E-state index in [4.69, 9.17) is 0 Å². The molecule has 0 amide bonds. The van der Waals surface area contributed by atoms with Crippen LogP contribution in [-0.4, -0.2) is 32.8 Å². The largest absolute Gasteiger partial charge is 0.416 e. The number of anilines is 1. The van der Waals surface area contributed by atoms with Gasteiger partial charge in [-0.2, -0.15) is 13.2 Å². The fourth-order valence-corrected chi connectivity index (χ4v) is 5.83. The Kier molecular flexibility index (Phi) is 4.63. The summed E-state index contributed by atoms with van der Waals surface area (Å²) in [5, 5.41) is 0.715. The standard InChI is InChI=1S/C16H19F3N2OS2/c1-3-15(4-2)10-21(7-8-24(15)22)14-20-12-9-11(16(17,18)19)5-6-13(12)23-14/h5-6,9H,3-4,7-8,10H2,1-2H3. The lowest BCUT2D eigenvalue weighted by atomic mass is 10.0. The molecule has 1 saturated heterocycles. The Hall–Kier alpha value is -1.15. The second-order valence-corrected chi connectivity index (χ2v) is 9.01. The Morgan fingerprint density at radius 1 is 1.33 bits per heavy atom. The van der Waals surface area contributed by atoms with Crippen molar-refractivity contribution in [3.05, 3.63) is 23.8 Å². The number of hydrogen-bond acceptors (Lipinski definition) is 4. The minimum absolute atomic E-state index is 0.257. The number of benzene rings is 1. The molecule has 8 heteroatoms. The fourth-order valence-electron chi connectivity index (χ4n) is 3.09. The first-order chi connectivity index (χ1) is 11.3. The van der Waals surface area contributed by atoms with E-state index in [1.165, 1.54) is 17.4 Å². The third-order valence-electron chi connectivity index (χ3n) is 4.77. The third-order valence-corrected chi connectivity index (χ3v) is 8.09. The molecule has 1 aromatic carbocycles. The van der Waals surface area contributed by atoms with E-state index in [0.29, 0.717) is 29.5 Å². The van der Waals surface area contributed by atoms with Crippen molar-refractivity contribution in [3.8, 4) is 0 Å². The van der Waals surface area contributed by atoms with E-state index in [9.17, 15) is 17.4 Å². The average Bonchev–Trinajstić information content (AvgIpc) is 2.98. The molecule has 3 rings (SSSR count). The first kappa shape index (κ1) is 17.7. The summed E-state index contributed by atoms with van der Waals surface area (Å²) in [5.41, 5.74) is -0.307. The summed E-state index contributed by atoms with van der Waals surface area (Å²) in [6.45, 7) is 5.34. The predicted molar refractivity (Wildman–Crippen MR) is 93.2 cm³/mol. The van der Waals surface area contributed by atoms with Gasteiger partial charge in [0.15, 0.2) is 5.13 Å². The molecular weight excluding hydrogens is 357 g/mol. The molecule has 0 saturated carbocycles. The Bertz CT molecular complexity index is 768. The molecule has 1 aromatic heterocycles. The molecule has 0 spiro atoms. The van der Waals surface area contributed by atoms with Crippen molar-refractivity contribution in [2.45, 2.75) is 37.6 Å². The summed E-state index contributed by atoms with van der Waals surface area (Å²) >= 11 is 1.39. The van der Waals surface area contributed by atoms with Gasteiger partial charge in [0, 0.05) is 29.6 Å². The molecule has 132 valence electrons. The number of hydrogen-bond donors (Lipinski definition) is 0. The number of thiazole rings is 1. The molecule has 0 N–H and O–H groups in total. The van der Waals surface area contributed by atoms with Crippen LogP contribution in [0.2, 0.25) is 0 Å². The summed E-state index contributed by atoms with van der Waals surface area (Å²) in [6.07, 6.45) is -2.73. The van der Waals surface area contributed by atoms with E-state index in [2.05, 4.69) is 9.88 Å². The summed E-state index contributed by atoms with van der Waals surface area (Å²) < 4.78 is 51.4. The first-order valence-corrected chi connectivity index (χ1v) is 10.0. The van der Waals surface area contributed by atoms with E-state index in [0.717, 1.165) is 29.7 Å². The van der Waals surface area contributed by atoms with Crippen molar-refractivity contribution < 1.29 is 17.4 Å². The minimum Gasteiger partial charge on any atom is -0.346 e. The Balaban J connectivity index is 1.93. The molecule has 2 heterocycles. The molecule has 24 heavy (non-hydrogen) atoms. The van der Waals surface area contributed by atoms with Gasteiger partial charge in [0.1, 0.15) is 0 Å². The molecule has 2 aromatic rings. The highest BCUT2D eigenvalue weighted by Crippen LogP contribution is 2.37. The van der Waals surface area contributed by atoms with Gasteiger partial charge >= 0.3 is 6.18 Å². The highest BCUT2D eigenvalue weighted by molar-refractivity contribution is 7.86. The van der Waals surface area contributed by atoms with Gasteiger partial charge in [0.25, 0.3) is 0 Å². The predicted octanol–water partition coefficient (Wildman–Crippen LogP) is 4.44. The van der Waals surface area contributed by atoms with Crippen molar-refractivity contribution in [2.24, 2.45) is 0 Å². The van der Waals surface area contributed by atoms with Crippen LogP contribution in [0.1, 0.15) is 32.3 Å². The topological polar surface area (TPSA) is 33.2 Å². The van der Waals surface area contributed by atoms with Crippen LogP contribution in [0.4, 0.5) is 18.3 Å². The number of halogens is 3. The van der Waals surface area contributed by atoms with Gasteiger partial charge in [0.05, 0.1) is 20.5 Å². The maximum absolute atomic E-state index is 12.8. The van der Waals surface area contributed by atoms with Crippen LogP contribution in [0.3, 0.4) is 0 Å². The van der Waals surface area contributed by atoms with Gasteiger partial charge in [0.2, 0.25) is 0 Å². The van der Waals surface area contributed by atoms with E-state index < -0.39 is 22.5 Å². The Labute approximate surface area is 145 Å². The lowest BCUT2D eigenvalue weighted by Gasteiger charge is -2.41. The molecule has 0 bridgehead atoms. The highest BCUT2D eigenvalue weighted by Gasteiger charge is 2.39. The van der Waals surface area contributed by atoms with Gasteiger partial charge < -0.3 is 4.90 Å². The van der Waals surface area contributed by atoms with E-state index in [1.54, 1.807) is 0 Å². The van der Waals surface area contributed by atoms with Crippen molar-refractivity contribution in [2.75, 3.05) is 23.7 Å². The first-order valence-electron chi connectivity index (χ1n) is 7.90. The van der Waals surface area contributed by atoms with Crippen LogP contribution in [0, 0.1) is 0 Å². The number of fused-ring (bicyclic) bond motifs is 1. The third kappa shape index (κ3) is 3.06. The average molecular weight is 376 g/mol. The monoisotopic (exact) mass is 376 g/mol. The summed E-state index contributed by atoms with van der Waals surface area (Å²) in [4.78, 5) is 6.49. The smallest absolute Gasteiger partial charge is 0.346 e. The number of alkyl halides is 3. The summed E-state index contributed by atoms with van der Waals surface area (Å²) in [7, 11) is -0.878. The molecule has 1 aliphatic heterocycles. The van der Waals surface area contributed by atoms with E-state index in [-0.39, 0.29) is 4.75 Å². The maximum Gasteiger partial charge on any atom is 0.416 e. The summed E-state index contributed by atoms with van der Waals surface area (Å²) in [5.74, 6) is 0.575. The summed E-state index contributed by atoms with van der Waals surface area (Å²) in [6, 6.07) is 3.68. The van der Waals surface area contributed by atoms with Crippen LogP contribution >= 0.6 is 11.3 Å². The molecule has 1 atom stereocenters. The van der Waals surface area contributed by atoms with Crippen LogP contribution in [-0.2, 0) is 17.0 Å². The SMILES string of the molecule is CCC1(CC)CN(c2nc3cc(C(F)(F)F)ccc3s2)CCS1=O. The molecule has 3 nitrogen and oxygen atoms in total. The number of nitrogens with zero attached hydrogens (tertiary/aromatic N) is 2. The zero-order chi connectivity index (χ0) is 17.5. The molecule has 0 aliphatic carbocycles. The van der Waals surface area contributed by atoms with Gasteiger partial charge in [-0.25, -0.2) is 4.98 Å². The zero-order valence-electron chi connectivity index (χ0n) is 13.5. The maximum atomic E-state index is 12.8. The lowest BCUT2D eigenvalue weighted by molar-refractivity contribution is -0.137. The van der Waals surface area contributed by atoms with E-state index in [1.807, 2.05) is 13.8 Å². The van der Waals surface area contributed by atoms with E-state index >= 15 is 0 Å². The lowest BCUT2D eigenvalue weighted by Crippen LogP contribution is -2.53. The van der Waals surface area contributed by atoms with Crippen LogP contribution in [0.15, 0.2) is 18.2 Å². The number of aromatic nitrogens is 1. The quantitative estimate of drug-likeness (QED) is 0.794. The highest BCUT2D eigenvalue weighted by atomic mass is 32.2. The van der Waals surface area contributed by atoms with Gasteiger partial charge in [-0.05, 0) is 31.0 Å². The van der Waals surface area contributed by atoms with Gasteiger partial charge in [-0.3, -0.25) is 4.21 Å². The molecular formula is C16H19F3N2OS2. The van der Waals surface area contributed by atoms with Crippen LogP contribution in [0.25, 0.3) is 10.2 Å². The molecule has 1 fully saturated rings. The molecule has 1 aliphatic rings. The van der Waals surface area contributed by atoms with Crippen molar-refractivity contribution in [3.63, 3.8) is 0 Å². The second kappa shape index (κ2) is 6.29. The molecule has 0 radical (unpaired) electrons. The van der Waals surface area contributed by atoms with Gasteiger partial charge in [-0.1, -0.05) is 25.2 Å². The Morgan fingerprint density at radius 3 is 2.67 bits per heavy atom. The Morgan fingerprint density at radius 2 is 2.04 bits per heavy atom. The minimum atomic E-state index is -4.36. The zero-order valence-corrected chi connectivity index (χ0v) is 15.2. The van der Waals surface area contributed by atoms with Crippen molar-refractivity contribution in [1.29, 1.82) is 0 Å². The van der Waals surface area contributed by atoms with Crippen LogP contribution < -0.4 is 4.90 Å². The second-order valence-electron chi connectivity index (χ2n) is 6.04. The van der Waals surface area contributed by atoms with Gasteiger partial charge in [-0.15, -0.1) is 0 Å².